The smallest absolute Gasteiger partial charge is 0.260 e. The third kappa shape index (κ3) is 2.89. The standard InChI is InChI=1S/C20H22N4OS/c1-10(2)24-11(3)7-15(13(24)5)8-16(9-21)18-22-19(25)17-12(4)14(6)26-20(17)23-18/h7-8,10H,1-6H3,(H,22,23,25)/b16-8+. The number of nitriles is 1. The maximum Gasteiger partial charge on any atom is 0.260 e. The van der Waals surface area contributed by atoms with E-state index in [2.05, 4.69) is 47.4 Å². The fraction of sp³-hybridized carbons (Fsp3) is 0.350. The number of hydrogen-bond donors (Lipinski definition) is 1. The van der Waals surface area contributed by atoms with Gasteiger partial charge in [-0.05, 0) is 64.8 Å². The minimum Gasteiger partial charge on any atom is -0.346 e. The van der Waals surface area contributed by atoms with Gasteiger partial charge < -0.3 is 9.55 Å². The Morgan fingerprint density at radius 1 is 1.35 bits per heavy atom. The van der Waals surface area contributed by atoms with Gasteiger partial charge in [-0.25, -0.2) is 4.98 Å². The van der Waals surface area contributed by atoms with E-state index in [1.54, 1.807) is 6.08 Å². The van der Waals surface area contributed by atoms with Crippen molar-refractivity contribution in [2.24, 2.45) is 0 Å². The van der Waals surface area contributed by atoms with Gasteiger partial charge in [-0.3, -0.25) is 4.79 Å². The second-order valence-electron chi connectivity index (χ2n) is 6.84. The molecule has 0 aliphatic heterocycles. The van der Waals surface area contributed by atoms with Gasteiger partial charge in [0.25, 0.3) is 5.56 Å². The summed E-state index contributed by atoms with van der Waals surface area (Å²) in [6.45, 7) is 12.3. The fourth-order valence-corrected chi connectivity index (χ4v) is 4.46. The van der Waals surface area contributed by atoms with Gasteiger partial charge in [0.1, 0.15) is 10.9 Å². The SMILES string of the molecule is Cc1sc2nc(/C(C#N)=C/c3cc(C)n(C(C)C)c3C)[nH]c(=O)c2c1C. The Labute approximate surface area is 156 Å². The summed E-state index contributed by atoms with van der Waals surface area (Å²) in [6.07, 6.45) is 1.80. The van der Waals surface area contributed by atoms with Crippen LogP contribution in [-0.4, -0.2) is 14.5 Å². The van der Waals surface area contributed by atoms with Crippen molar-refractivity contribution in [2.75, 3.05) is 0 Å². The minimum atomic E-state index is -0.194. The van der Waals surface area contributed by atoms with Crippen LogP contribution in [0.5, 0.6) is 0 Å². The molecule has 0 aromatic carbocycles. The summed E-state index contributed by atoms with van der Waals surface area (Å²) in [5, 5.41) is 10.3. The average Bonchev–Trinajstić information content (AvgIpc) is 3.01. The summed E-state index contributed by atoms with van der Waals surface area (Å²) in [4.78, 5) is 21.6. The van der Waals surface area contributed by atoms with E-state index in [1.165, 1.54) is 11.3 Å². The highest BCUT2D eigenvalue weighted by molar-refractivity contribution is 7.18. The van der Waals surface area contributed by atoms with Crippen LogP contribution in [0.4, 0.5) is 0 Å². The molecule has 0 fully saturated rings. The van der Waals surface area contributed by atoms with Crippen molar-refractivity contribution in [1.82, 2.24) is 14.5 Å². The summed E-state index contributed by atoms with van der Waals surface area (Å²) < 4.78 is 2.23. The third-order valence-electron chi connectivity index (χ3n) is 4.75. The van der Waals surface area contributed by atoms with Crippen molar-refractivity contribution in [3.63, 3.8) is 0 Å². The predicted molar refractivity (Wildman–Crippen MR) is 107 cm³/mol. The monoisotopic (exact) mass is 366 g/mol. The molecule has 1 N–H and O–H groups in total. The molecule has 0 aliphatic rings. The molecule has 0 amide bonds. The molecule has 6 heteroatoms. The second kappa shape index (κ2) is 6.58. The number of fused-ring (bicyclic) bond motifs is 1. The van der Waals surface area contributed by atoms with E-state index in [4.69, 9.17) is 0 Å². The lowest BCUT2D eigenvalue weighted by Gasteiger charge is -2.13. The zero-order chi connectivity index (χ0) is 19.2. The quantitative estimate of drug-likeness (QED) is 0.685. The molecule has 0 saturated carbocycles. The molecule has 0 saturated heterocycles. The van der Waals surface area contributed by atoms with Gasteiger partial charge in [-0.2, -0.15) is 5.26 Å². The molecule has 0 bridgehead atoms. The number of aromatic amines is 1. The van der Waals surface area contributed by atoms with E-state index in [0.717, 1.165) is 27.4 Å². The maximum absolute atomic E-state index is 12.5. The van der Waals surface area contributed by atoms with E-state index >= 15 is 0 Å². The summed E-state index contributed by atoms with van der Waals surface area (Å²) in [7, 11) is 0. The molecule has 3 rings (SSSR count). The molecule has 5 nitrogen and oxygen atoms in total. The highest BCUT2D eigenvalue weighted by Crippen LogP contribution is 2.28. The van der Waals surface area contributed by atoms with Crippen molar-refractivity contribution < 1.29 is 0 Å². The zero-order valence-electron chi connectivity index (χ0n) is 15.9. The Morgan fingerprint density at radius 2 is 2.04 bits per heavy atom. The minimum absolute atomic E-state index is 0.194. The Bertz CT molecular complexity index is 1140. The number of rotatable bonds is 3. The first-order valence-corrected chi connectivity index (χ1v) is 9.36. The van der Waals surface area contributed by atoms with Crippen LogP contribution in [0.25, 0.3) is 21.9 Å². The van der Waals surface area contributed by atoms with Crippen LogP contribution in [0, 0.1) is 39.0 Å². The number of nitrogens with zero attached hydrogens (tertiary/aromatic N) is 3. The van der Waals surface area contributed by atoms with Crippen LogP contribution < -0.4 is 5.56 Å². The predicted octanol–water partition coefficient (Wildman–Crippen LogP) is 4.66. The van der Waals surface area contributed by atoms with Crippen molar-refractivity contribution in [3.05, 3.63) is 49.6 Å². The van der Waals surface area contributed by atoms with Gasteiger partial charge in [0.15, 0.2) is 5.82 Å². The van der Waals surface area contributed by atoms with E-state index in [9.17, 15) is 10.1 Å². The summed E-state index contributed by atoms with van der Waals surface area (Å²) in [5.41, 5.74) is 4.32. The van der Waals surface area contributed by atoms with E-state index in [1.807, 2.05) is 20.8 Å². The number of hydrogen-bond acceptors (Lipinski definition) is 4. The molecule has 0 spiro atoms. The molecule has 0 atom stereocenters. The Morgan fingerprint density at radius 3 is 2.62 bits per heavy atom. The highest BCUT2D eigenvalue weighted by Gasteiger charge is 2.15. The topological polar surface area (TPSA) is 74.5 Å². The molecule has 0 radical (unpaired) electrons. The van der Waals surface area contributed by atoms with Crippen LogP contribution >= 0.6 is 11.3 Å². The molecule has 3 aromatic rings. The number of aryl methyl sites for hydroxylation is 3. The van der Waals surface area contributed by atoms with Gasteiger partial charge >= 0.3 is 0 Å². The van der Waals surface area contributed by atoms with Crippen LogP contribution in [0.15, 0.2) is 10.9 Å². The second-order valence-corrected chi connectivity index (χ2v) is 8.04. The molecule has 26 heavy (non-hydrogen) atoms. The highest BCUT2D eigenvalue weighted by atomic mass is 32.1. The Kier molecular flexibility index (Phi) is 4.59. The molecule has 134 valence electrons. The molecule has 3 heterocycles. The van der Waals surface area contributed by atoms with Crippen LogP contribution in [0.3, 0.4) is 0 Å². The number of H-pyrrole nitrogens is 1. The van der Waals surface area contributed by atoms with Gasteiger partial charge in [-0.15, -0.1) is 11.3 Å². The lowest BCUT2D eigenvalue weighted by Crippen LogP contribution is -2.10. The van der Waals surface area contributed by atoms with Crippen LogP contribution in [0.2, 0.25) is 0 Å². The van der Waals surface area contributed by atoms with Gasteiger partial charge in [0.2, 0.25) is 0 Å². The number of thiophene rings is 1. The summed E-state index contributed by atoms with van der Waals surface area (Å²) >= 11 is 1.48. The summed E-state index contributed by atoms with van der Waals surface area (Å²) in [6, 6.07) is 4.59. The first-order valence-electron chi connectivity index (χ1n) is 8.55. The van der Waals surface area contributed by atoms with E-state index in [-0.39, 0.29) is 5.56 Å². The van der Waals surface area contributed by atoms with Crippen LogP contribution in [-0.2, 0) is 0 Å². The number of allylic oxidation sites excluding steroid dienone is 1. The first-order chi connectivity index (χ1) is 12.2. The molecule has 0 aliphatic carbocycles. The van der Waals surface area contributed by atoms with E-state index < -0.39 is 0 Å². The Hall–Kier alpha value is -2.65. The van der Waals surface area contributed by atoms with Gasteiger partial charge in [0.05, 0.1) is 11.0 Å². The number of nitrogens with one attached hydrogen (secondary N) is 1. The summed E-state index contributed by atoms with van der Waals surface area (Å²) in [5.74, 6) is 0.320. The average molecular weight is 366 g/mol. The molecular weight excluding hydrogens is 344 g/mol. The normalized spacial score (nSPS) is 12.2. The maximum atomic E-state index is 12.5. The zero-order valence-corrected chi connectivity index (χ0v) is 16.7. The lowest BCUT2D eigenvalue weighted by molar-refractivity contribution is 0.574. The van der Waals surface area contributed by atoms with Crippen molar-refractivity contribution in [3.8, 4) is 6.07 Å². The van der Waals surface area contributed by atoms with Crippen molar-refractivity contribution >= 4 is 33.2 Å². The van der Waals surface area contributed by atoms with E-state index in [0.29, 0.717) is 27.7 Å². The van der Waals surface area contributed by atoms with Crippen molar-refractivity contribution in [2.45, 2.75) is 47.6 Å². The molecule has 3 aromatic heterocycles. The molecular formula is C20H22N4OS. The van der Waals surface area contributed by atoms with Gasteiger partial charge in [-0.1, -0.05) is 0 Å². The van der Waals surface area contributed by atoms with Gasteiger partial charge in [0, 0.05) is 22.3 Å². The lowest BCUT2D eigenvalue weighted by atomic mass is 10.1. The fourth-order valence-electron chi connectivity index (χ4n) is 3.43. The third-order valence-corrected chi connectivity index (χ3v) is 5.86. The van der Waals surface area contributed by atoms with Crippen molar-refractivity contribution in [1.29, 1.82) is 5.26 Å². The van der Waals surface area contributed by atoms with Crippen LogP contribution in [0.1, 0.15) is 53.1 Å². The first kappa shape index (κ1) is 18.2. The molecule has 0 unspecified atom stereocenters. The largest absolute Gasteiger partial charge is 0.346 e. The number of aromatic nitrogens is 3. The Balaban J connectivity index is 2.18.